The van der Waals surface area contributed by atoms with Crippen LogP contribution >= 0.6 is 0 Å². The standard InChI is InChI=1S/C12H15O2/c1-3-14-12(13)9-10(2)11-7-5-4-6-8-11/h4-5,7-8,10H,3,9H2,1-2H3. The Morgan fingerprint density at radius 3 is 3.00 bits per heavy atom. The van der Waals surface area contributed by atoms with Gasteiger partial charge in [0.15, 0.2) is 0 Å². The Hall–Kier alpha value is -1.31. The molecule has 14 heavy (non-hydrogen) atoms. The summed E-state index contributed by atoms with van der Waals surface area (Å²) < 4.78 is 4.88. The third-order valence-electron chi connectivity index (χ3n) is 2.08. The van der Waals surface area contributed by atoms with Gasteiger partial charge in [0, 0.05) is 0 Å². The SMILES string of the molecule is CCOC(=O)CC(C)c1c[c]ccc1. The van der Waals surface area contributed by atoms with E-state index in [-0.39, 0.29) is 11.9 Å². The summed E-state index contributed by atoms with van der Waals surface area (Å²) in [4.78, 5) is 11.2. The number of rotatable bonds is 4. The molecule has 0 fully saturated rings. The van der Waals surface area contributed by atoms with Gasteiger partial charge in [0.1, 0.15) is 0 Å². The fourth-order valence-corrected chi connectivity index (χ4v) is 1.30. The van der Waals surface area contributed by atoms with E-state index in [1.165, 1.54) is 0 Å². The van der Waals surface area contributed by atoms with E-state index < -0.39 is 0 Å². The quantitative estimate of drug-likeness (QED) is 0.684. The van der Waals surface area contributed by atoms with Gasteiger partial charge in [-0.1, -0.05) is 31.2 Å². The van der Waals surface area contributed by atoms with Crippen LogP contribution in [0.5, 0.6) is 0 Å². The van der Waals surface area contributed by atoms with Gasteiger partial charge in [-0.05, 0) is 24.5 Å². The highest BCUT2D eigenvalue weighted by Crippen LogP contribution is 2.18. The van der Waals surface area contributed by atoms with E-state index in [4.69, 9.17) is 4.74 Å². The molecule has 0 aliphatic carbocycles. The predicted octanol–water partition coefficient (Wildman–Crippen LogP) is 2.54. The van der Waals surface area contributed by atoms with E-state index in [9.17, 15) is 4.79 Å². The minimum absolute atomic E-state index is 0.135. The number of hydrogen-bond acceptors (Lipinski definition) is 2. The highest BCUT2D eigenvalue weighted by molar-refractivity contribution is 5.70. The van der Waals surface area contributed by atoms with E-state index in [2.05, 4.69) is 6.07 Å². The van der Waals surface area contributed by atoms with Crippen LogP contribution in [-0.2, 0) is 9.53 Å². The van der Waals surface area contributed by atoms with Crippen molar-refractivity contribution in [2.75, 3.05) is 6.61 Å². The van der Waals surface area contributed by atoms with Crippen LogP contribution in [0.1, 0.15) is 31.7 Å². The van der Waals surface area contributed by atoms with Crippen LogP contribution in [0.15, 0.2) is 24.3 Å². The third kappa shape index (κ3) is 3.21. The highest BCUT2D eigenvalue weighted by Gasteiger charge is 2.10. The molecule has 0 aliphatic rings. The van der Waals surface area contributed by atoms with E-state index in [1.54, 1.807) is 0 Å². The smallest absolute Gasteiger partial charge is 0.306 e. The molecular weight excluding hydrogens is 176 g/mol. The fraction of sp³-hybridized carbons (Fsp3) is 0.417. The molecule has 1 unspecified atom stereocenters. The van der Waals surface area contributed by atoms with Crippen molar-refractivity contribution in [2.45, 2.75) is 26.2 Å². The maximum atomic E-state index is 11.2. The molecule has 1 rings (SSSR count). The van der Waals surface area contributed by atoms with Gasteiger partial charge < -0.3 is 4.74 Å². The van der Waals surface area contributed by atoms with Crippen molar-refractivity contribution in [3.05, 3.63) is 35.9 Å². The monoisotopic (exact) mass is 191 g/mol. The number of benzene rings is 1. The van der Waals surface area contributed by atoms with Crippen LogP contribution in [-0.4, -0.2) is 12.6 Å². The predicted molar refractivity (Wildman–Crippen MR) is 54.9 cm³/mol. The van der Waals surface area contributed by atoms with Gasteiger partial charge in [-0.15, -0.1) is 0 Å². The van der Waals surface area contributed by atoms with E-state index in [0.717, 1.165) is 5.56 Å². The zero-order valence-corrected chi connectivity index (χ0v) is 8.62. The molecule has 0 aromatic heterocycles. The molecule has 0 bridgehead atoms. The van der Waals surface area contributed by atoms with Crippen molar-refractivity contribution in [3.63, 3.8) is 0 Å². The van der Waals surface area contributed by atoms with Crippen LogP contribution in [0.4, 0.5) is 0 Å². The summed E-state index contributed by atoms with van der Waals surface area (Å²) in [6, 6.07) is 10.7. The fourth-order valence-electron chi connectivity index (χ4n) is 1.30. The maximum Gasteiger partial charge on any atom is 0.306 e. The number of esters is 1. The van der Waals surface area contributed by atoms with Gasteiger partial charge in [0.25, 0.3) is 0 Å². The molecule has 2 nitrogen and oxygen atoms in total. The van der Waals surface area contributed by atoms with Gasteiger partial charge in [-0.3, -0.25) is 4.79 Å². The van der Waals surface area contributed by atoms with Crippen molar-refractivity contribution >= 4 is 5.97 Å². The Morgan fingerprint density at radius 2 is 2.43 bits per heavy atom. The van der Waals surface area contributed by atoms with E-state index in [1.807, 2.05) is 38.1 Å². The molecule has 75 valence electrons. The largest absolute Gasteiger partial charge is 0.466 e. The Morgan fingerprint density at radius 1 is 1.64 bits per heavy atom. The number of carbonyl (C=O) groups is 1. The molecule has 0 aliphatic heterocycles. The zero-order valence-electron chi connectivity index (χ0n) is 8.62. The van der Waals surface area contributed by atoms with Crippen molar-refractivity contribution in [2.24, 2.45) is 0 Å². The minimum Gasteiger partial charge on any atom is -0.466 e. The molecule has 0 saturated carbocycles. The van der Waals surface area contributed by atoms with Crippen molar-refractivity contribution in [3.8, 4) is 0 Å². The topological polar surface area (TPSA) is 26.3 Å². The van der Waals surface area contributed by atoms with Gasteiger partial charge in [-0.25, -0.2) is 0 Å². The highest BCUT2D eigenvalue weighted by atomic mass is 16.5. The van der Waals surface area contributed by atoms with Crippen LogP contribution in [0, 0.1) is 6.07 Å². The summed E-state index contributed by atoms with van der Waals surface area (Å²) >= 11 is 0. The maximum absolute atomic E-state index is 11.2. The number of carbonyl (C=O) groups excluding carboxylic acids is 1. The second-order valence-corrected chi connectivity index (χ2v) is 3.25. The van der Waals surface area contributed by atoms with Crippen LogP contribution in [0.25, 0.3) is 0 Å². The Balaban J connectivity index is 2.50. The first kappa shape index (κ1) is 10.8. The third-order valence-corrected chi connectivity index (χ3v) is 2.08. The normalized spacial score (nSPS) is 12.1. The van der Waals surface area contributed by atoms with Gasteiger partial charge in [0.2, 0.25) is 0 Å². The van der Waals surface area contributed by atoms with Crippen LogP contribution in [0.3, 0.4) is 0 Å². The average molecular weight is 191 g/mol. The molecule has 1 atom stereocenters. The molecule has 1 aromatic rings. The molecular formula is C12H15O2. The summed E-state index contributed by atoms with van der Waals surface area (Å²) in [6.45, 7) is 4.28. The molecule has 0 amide bonds. The van der Waals surface area contributed by atoms with Gasteiger partial charge in [-0.2, -0.15) is 0 Å². The lowest BCUT2D eigenvalue weighted by Gasteiger charge is -2.10. The van der Waals surface area contributed by atoms with Crippen LogP contribution in [0.2, 0.25) is 0 Å². The molecule has 1 radical (unpaired) electrons. The molecule has 0 spiro atoms. The Bertz CT molecular complexity index is 280. The number of hydrogen-bond donors (Lipinski definition) is 0. The second-order valence-electron chi connectivity index (χ2n) is 3.25. The molecule has 0 heterocycles. The summed E-state index contributed by atoms with van der Waals surface area (Å²) in [5.41, 5.74) is 1.13. The van der Waals surface area contributed by atoms with Gasteiger partial charge in [0.05, 0.1) is 13.0 Å². The summed E-state index contributed by atoms with van der Waals surface area (Å²) in [6.07, 6.45) is 0.436. The van der Waals surface area contributed by atoms with E-state index >= 15 is 0 Å². The van der Waals surface area contributed by atoms with E-state index in [0.29, 0.717) is 13.0 Å². The average Bonchev–Trinajstić information content (AvgIpc) is 2.19. The van der Waals surface area contributed by atoms with Crippen LogP contribution < -0.4 is 0 Å². The first-order chi connectivity index (χ1) is 6.74. The second kappa shape index (κ2) is 5.43. The van der Waals surface area contributed by atoms with Gasteiger partial charge >= 0.3 is 5.97 Å². The Labute approximate surface area is 84.9 Å². The lowest BCUT2D eigenvalue weighted by atomic mass is 9.98. The lowest BCUT2D eigenvalue weighted by Crippen LogP contribution is -2.08. The lowest BCUT2D eigenvalue weighted by molar-refractivity contribution is -0.143. The molecule has 1 aromatic carbocycles. The summed E-state index contributed by atoms with van der Waals surface area (Å²) in [5, 5.41) is 0. The van der Waals surface area contributed by atoms with Crippen molar-refractivity contribution < 1.29 is 9.53 Å². The first-order valence-electron chi connectivity index (χ1n) is 4.85. The number of ether oxygens (including phenoxy) is 1. The first-order valence-corrected chi connectivity index (χ1v) is 4.85. The molecule has 2 heteroatoms. The zero-order chi connectivity index (χ0) is 10.4. The summed E-state index contributed by atoms with van der Waals surface area (Å²) in [5.74, 6) is 0.0651. The van der Waals surface area contributed by atoms with Crippen molar-refractivity contribution in [1.29, 1.82) is 0 Å². The molecule has 0 N–H and O–H groups in total. The Kier molecular flexibility index (Phi) is 4.17. The minimum atomic E-state index is -0.135. The van der Waals surface area contributed by atoms with Crippen molar-refractivity contribution in [1.82, 2.24) is 0 Å². The molecule has 0 saturated heterocycles. The summed E-state index contributed by atoms with van der Waals surface area (Å²) in [7, 11) is 0.